The molecule has 0 spiro atoms. The van der Waals surface area contributed by atoms with Crippen molar-refractivity contribution in [2.75, 3.05) is 26.0 Å². The van der Waals surface area contributed by atoms with Crippen LogP contribution in [0.25, 0.3) is 0 Å². The quantitative estimate of drug-likeness (QED) is 0.576. The number of methoxy groups -OCH3 is 2. The average molecular weight is 441 g/mol. The van der Waals surface area contributed by atoms with Crippen molar-refractivity contribution < 1.29 is 22.7 Å². The number of hydrogen-bond acceptors (Lipinski definition) is 5. The highest BCUT2D eigenvalue weighted by atomic mass is 32.2. The zero-order valence-electron chi connectivity index (χ0n) is 17.5. The first-order valence-electron chi connectivity index (χ1n) is 9.48. The van der Waals surface area contributed by atoms with Gasteiger partial charge in [0.15, 0.2) is 0 Å². The van der Waals surface area contributed by atoms with Crippen molar-refractivity contribution in [1.82, 2.24) is 4.90 Å². The van der Waals surface area contributed by atoms with Crippen molar-refractivity contribution in [3.8, 4) is 11.5 Å². The molecular weight excluding hydrogens is 416 g/mol. The fraction of sp³-hybridized carbons (Fsp3) is 0.174. The molecule has 8 heteroatoms. The van der Waals surface area contributed by atoms with E-state index in [0.29, 0.717) is 17.2 Å². The number of para-hydroxylation sites is 1. The number of carbonyl (C=O) groups excluding carboxylic acids is 1. The number of carbonyl (C=O) groups is 1. The summed E-state index contributed by atoms with van der Waals surface area (Å²) in [4.78, 5) is 14.5. The highest BCUT2D eigenvalue weighted by molar-refractivity contribution is 7.92. The molecule has 0 unspecified atom stereocenters. The van der Waals surface area contributed by atoms with Gasteiger partial charge in [-0.05, 0) is 48.5 Å². The first-order chi connectivity index (χ1) is 14.8. The zero-order chi connectivity index (χ0) is 22.4. The standard InChI is InChI=1S/C23H24N2O5S/c1-25(16-18-14-20(29-2)12-13-22(18)30-3)23(26)17-8-7-11-21(15-17)31(27,28)24-19-9-5-4-6-10-19/h4-15,24H,16H2,1-3H3. The third-order valence-electron chi connectivity index (χ3n) is 4.66. The van der Waals surface area contributed by atoms with Crippen LogP contribution < -0.4 is 14.2 Å². The van der Waals surface area contributed by atoms with Gasteiger partial charge in [0.2, 0.25) is 0 Å². The average Bonchev–Trinajstić information content (AvgIpc) is 2.79. The lowest BCUT2D eigenvalue weighted by Crippen LogP contribution is -2.26. The number of rotatable bonds is 8. The smallest absolute Gasteiger partial charge is 0.261 e. The van der Waals surface area contributed by atoms with E-state index in [2.05, 4.69) is 4.72 Å². The van der Waals surface area contributed by atoms with Gasteiger partial charge in [-0.15, -0.1) is 0 Å². The van der Waals surface area contributed by atoms with E-state index in [1.165, 1.54) is 17.0 Å². The van der Waals surface area contributed by atoms with Gasteiger partial charge in [-0.2, -0.15) is 0 Å². The first kappa shape index (κ1) is 22.2. The maximum atomic E-state index is 13.0. The van der Waals surface area contributed by atoms with Crippen molar-refractivity contribution in [1.29, 1.82) is 0 Å². The Hall–Kier alpha value is -3.52. The van der Waals surface area contributed by atoms with Crippen LogP contribution in [0.1, 0.15) is 15.9 Å². The van der Waals surface area contributed by atoms with Crippen molar-refractivity contribution in [3.63, 3.8) is 0 Å². The summed E-state index contributed by atoms with van der Waals surface area (Å²) < 4.78 is 38.6. The summed E-state index contributed by atoms with van der Waals surface area (Å²) in [6.45, 7) is 0.262. The van der Waals surface area contributed by atoms with Gasteiger partial charge in [-0.25, -0.2) is 8.42 Å². The molecule has 0 heterocycles. The topological polar surface area (TPSA) is 84.9 Å². The van der Waals surface area contributed by atoms with E-state index in [-0.39, 0.29) is 22.9 Å². The van der Waals surface area contributed by atoms with Gasteiger partial charge in [-0.1, -0.05) is 24.3 Å². The molecule has 31 heavy (non-hydrogen) atoms. The van der Waals surface area contributed by atoms with Crippen LogP contribution in [0, 0.1) is 0 Å². The van der Waals surface area contributed by atoms with Gasteiger partial charge in [0.05, 0.1) is 19.1 Å². The van der Waals surface area contributed by atoms with Gasteiger partial charge in [0.1, 0.15) is 11.5 Å². The minimum atomic E-state index is -3.83. The van der Waals surface area contributed by atoms with Gasteiger partial charge >= 0.3 is 0 Å². The molecule has 0 saturated carbocycles. The molecule has 0 fully saturated rings. The number of nitrogens with zero attached hydrogens (tertiary/aromatic N) is 1. The van der Waals surface area contributed by atoms with Crippen LogP contribution in [0.2, 0.25) is 0 Å². The molecule has 7 nitrogen and oxygen atoms in total. The predicted molar refractivity (Wildman–Crippen MR) is 119 cm³/mol. The number of benzene rings is 3. The Morgan fingerprint density at radius 1 is 0.935 bits per heavy atom. The van der Waals surface area contributed by atoms with E-state index in [0.717, 1.165) is 5.56 Å². The van der Waals surface area contributed by atoms with E-state index < -0.39 is 10.0 Å². The molecule has 3 rings (SSSR count). The number of nitrogens with one attached hydrogen (secondary N) is 1. The van der Waals surface area contributed by atoms with Crippen molar-refractivity contribution >= 4 is 21.6 Å². The molecule has 1 amide bonds. The molecule has 162 valence electrons. The second kappa shape index (κ2) is 9.53. The van der Waals surface area contributed by atoms with Crippen LogP contribution in [0.5, 0.6) is 11.5 Å². The summed E-state index contributed by atoms with van der Waals surface area (Å²) >= 11 is 0. The van der Waals surface area contributed by atoms with Crippen LogP contribution in [-0.4, -0.2) is 40.5 Å². The molecule has 0 radical (unpaired) electrons. The van der Waals surface area contributed by atoms with Gasteiger partial charge in [0.25, 0.3) is 15.9 Å². The number of sulfonamides is 1. The Labute approximate surface area is 182 Å². The van der Waals surface area contributed by atoms with Crippen LogP contribution in [0.4, 0.5) is 5.69 Å². The maximum absolute atomic E-state index is 13.0. The summed E-state index contributed by atoms with van der Waals surface area (Å²) in [5.74, 6) is 0.960. The highest BCUT2D eigenvalue weighted by Crippen LogP contribution is 2.26. The lowest BCUT2D eigenvalue weighted by molar-refractivity contribution is 0.0784. The van der Waals surface area contributed by atoms with Gasteiger partial charge in [-0.3, -0.25) is 9.52 Å². The molecule has 0 aliphatic rings. The van der Waals surface area contributed by atoms with Crippen molar-refractivity contribution in [2.24, 2.45) is 0 Å². The van der Waals surface area contributed by atoms with E-state index in [9.17, 15) is 13.2 Å². The van der Waals surface area contributed by atoms with E-state index in [4.69, 9.17) is 9.47 Å². The van der Waals surface area contributed by atoms with Crippen molar-refractivity contribution in [2.45, 2.75) is 11.4 Å². The third kappa shape index (κ3) is 5.35. The minimum absolute atomic E-state index is 0.00886. The monoisotopic (exact) mass is 440 g/mol. The van der Waals surface area contributed by atoms with E-state index in [1.54, 1.807) is 81.9 Å². The number of ether oxygens (including phenoxy) is 2. The third-order valence-corrected chi connectivity index (χ3v) is 6.04. The summed E-state index contributed by atoms with van der Waals surface area (Å²) in [5.41, 5.74) is 1.48. The molecule has 0 aliphatic heterocycles. The molecule has 0 atom stereocenters. The Morgan fingerprint density at radius 3 is 2.35 bits per heavy atom. The second-order valence-electron chi connectivity index (χ2n) is 6.84. The molecule has 0 saturated heterocycles. The van der Waals surface area contributed by atoms with Gasteiger partial charge in [0, 0.05) is 30.4 Å². The SMILES string of the molecule is COc1ccc(OC)c(CN(C)C(=O)c2cccc(S(=O)(=O)Nc3ccccc3)c2)c1. The second-order valence-corrected chi connectivity index (χ2v) is 8.52. The van der Waals surface area contributed by atoms with Crippen LogP contribution in [0.3, 0.4) is 0 Å². The minimum Gasteiger partial charge on any atom is -0.497 e. The number of hydrogen-bond donors (Lipinski definition) is 1. The fourth-order valence-electron chi connectivity index (χ4n) is 3.07. The normalized spacial score (nSPS) is 10.9. The zero-order valence-corrected chi connectivity index (χ0v) is 18.3. The molecule has 1 N–H and O–H groups in total. The Kier molecular flexibility index (Phi) is 6.81. The lowest BCUT2D eigenvalue weighted by atomic mass is 10.1. The van der Waals surface area contributed by atoms with Gasteiger partial charge < -0.3 is 14.4 Å². The van der Waals surface area contributed by atoms with Crippen molar-refractivity contribution in [3.05, 3.63) is 83.9 Å². The fourth-order valence-corrected chi connectivity index (χ4v) is 4.17. The molecule has 0 aromatic heterocycles. The molecule has 3 aromatic carbocycles. The molecule has 3 aromatic rings. The summed E-state index contributed by atoms with van der Waals surface area (Å²) in [5, 5.41) is 0. The maximum Gasteiger partial charge on any atom is 0.261 e. The van der Waals surface area contributed by atoms with Crippen LogP contribution in [0.15, 0.2) is 77.7 Å². The Balaban J connectivity index is 1.81. The largest absolute Gasteiger partial charge is 0.497 e. The van der Waals surface area contributed by atoms with Crippen LogP contribution >= 0.6 is 0 Å². The highest BCUT2D eigenvalue weighted by Gasteiger charge is 2.19. The summed E-state index contributed by atoms with van der Waals surface area (Å²) in [7, 11) is 0.935. The number of amides is 1. The molecule has 0 bridgehead atoms. The molecular formula is C23H24N2O5S. The van der Waals surface area contributed by atoms with Crippen LogP contribution in [-0.2, 0) is 16.6 Å². The summed E-state index contributed by atoms with van der Waals surface area (Å²) in [6, 6.07) is 19.9. The predicted octanol–water partition coefficient (Wildman–Crippen LogP) is 3.78. The lowest BCUT2D eigenvalue weighted by Gasteiger charge is -2.20. The van der Waals surface area contributed by atoms with E-state index in [1.807, 2.05) is 0 Å². The molecule has 0 aliphatic carbocycles. The Bertz CT molecular complexity index is 1160. The number of anilines is 1. The summed E-state index contributed by atoms with van der Waals surface area (Å²) in [6.07, 6.45) is 0. The van der Waals surface area contributed by atoms with E-state index >= 15 is 0 Å². The Morgan fingerprint density at radius 2 is 1.68 bits per heavy atom. The first-order valence-corrected chi connectivity index (χ1v) is 11.0.